The van der Waals surface area contributed by atoms with E-state index in [2.05, 4.69) is 5.32 Å². The van der Waals surface area contributed by atoms with Crippen molar-refractivity contribution < 1.29 is 33.8 Å². The average Bonchev–Trinajstić information content (AvgIpc) is 3.26. The molecule has 3 rings (SSSR count). The van der Waals surface area contributed by atoms with Crippen molar-refractivity contribution in [2.45, 2.75) is 0 Å². The normalized spacial score (nSPS) is 10.8. The molecule has 1 heterocycles. The van der Waals surface area contributed by atoms with E-state index in [4.69, 9.17) is 9.15 Å². The third kappa shape index (κ3) is 5.01. The van der Waals surface area contributed by atoms with Gasteiger partial charge in [-0.1, -0.05) is 0 Å². The third-order valence-corrected chi connectivity index (χ3v) is 4.34. The van der Waals surface area contributed by atoms with Crippen molar-refractivity contribution >= 4 is 29.6 Å². The van der Waals surface area contributed by atoms with Crippen LogP contribution in [0.2, 0.25) is 0 Å². The largest absolute Gasteiger partial charge is 0.497 e. The number of ether oxygens (including phenoxy) is 1. The first-order valence-electron chi connectivity index (χ1n) is 9.10. The highest BCUT2D eigenvalue weighted by Crippen LogP contribution is 2.26. The summed E-state index contributed by atoms with van der Waals surface area (Å²) in [5, 5.41) is 30.4. The molecule has 2 aromatic carbocycles. The predicted molar refractivity (Wildman–Crippen MR) is 113 cm³/mol. The SMILES string of the molecule is COc1ccc(NC(=O)/C(C#N)=C/c2ccc(-c3cc(C(=O)O)cc(C(=O)O)c3)o2)cc1. The topological polar surface area (TPSA) is 150 Å². The number of nitrogens with zero attached hydrogens (tertiary/aromatic N) is 1. The Morgan fingerprint density at radius 1 is 1.00 bits per heavy atom. The number of nitriles is 1. The molecule has 9 heteroatoms. The van der Waals surface area contributed by atoms with Gasteiger partial charge in [0.15, 0.2) is 0 Å². The van der Waals surface area contributed by atoms with Gasteiger partial charge in [-0.3, -0.25) is 4.79 Å². The van der Waals surface area contributed by atoms with E-state index in [0.29, 0.717) is 11.4 Å². The Hall–Kier alpha value is -4.84. The fourth-order valence-electron chi connectivity index (χ4n) is 2.77. The fourth-order valence-corrected chi connectivity index (χ4v) is 2.77. The predicted octanol–water partition coefficient (Wildman–Crippen LogP) is 3.90. The van der Waals surface area contributed by atoms with E-state index in [1.165, 1.54) is 37.5 Å². The van der Waals surface area contributed by atoms with Gasteiger partial charge in [-0.15, -0.1) is 0 Å². The molecule has 0 spiro atoms. The van der Waals surface area contributed by atoms with Gasteiger partial charge in [0.05, 0.1) is 18.2 Å². The first-order valence-corrected chi connectivity index (χ1v) is 9.10. The Bertz CT molecular complexity index is 1230. The van der Waals surface area contributed by atoms with E-state index in [-0.39, 0.29) is 33.8 Å². The van der Waals surface area contributed by atoms with Crippen molar-refractivity contribution in [3.05, 3.63) is 77.1 Å². The number of carbonyl (C=O) groups excluding carboxylic acids is 1. The van der Waals surface area contributed by atoms with Crippen LogP contribution in [0.25, 0.3) is 17.4 Å². The standard InChI is InChI=1S/C23H16N2O7/c1-31-18-4-2-17(3-5-18)25-21(26)16(12-24)11-19-6-7-20(32-19)13-8-14(22(27)28)10-15(9-13)23(29)30/h2-11H,1H3,(H,25,26)(H,27,28)(H,29,30)/b16-11+. The molecule has 0 aliphatic heterocycles. The Balaban J connectivity index is 1.86. The highest BCUT2D eigenvalue weighted by Gasteiger charge is 2.15. The molecule has 0 radical (unpaired) electrons. The second-order valence-corrected chi connectivity index (χ2v) is 6.46. The molecule has 1 amide bonds. The molecule has 9 nitrogen and oxygen atoms in total. The van der Waals surface area contributed by atoms with E-state index in [0.717, 1.165) is 6.07 Å². The van der Waals surface area contributed by atoms with Gasteiger partial charge in [0, 0.05) is 17.3 Å². The number of anilines is 1. The molecule has 32 heavy (non-hydrogen) atoms. The van der Waals surface area contributed by atoms with Crippen LogP contribution in [0, 0.1) is 11.3 Å². The second-order valence-electron chi connectivity index (χ2n) is 6.46. The first-order chi connectivity index (χ1) is 15.3. The van der Waals surface area contributed by atoms with E-state index in [9.17, 15) is 29.9 Å². The molecule has 160 valence electrons. The molecular weight excluding hydrogens is 416 g/mol. The summed E-state index contributed by atoms with van der Waals surface area (Å²) in [6.07, 6.45) is 1.22. The van der Waals surface area contributed by atoms with Gasteiger partial charge in [0.2, 0.25) is 0 Å². The maximum Gasteiger partial charge on any atom is 0.335 e. The summed E-state index contributed by atoms with van der Waals surface area (Å²) in [6, 6.07) is 14.9. The first kappa shape index (κ1) is 21.9. The molecule has 0 fully saturated rings. The number of aromatic carboxylic acids is 2. The number of methoxy groups -OCH3 is 1. The van der Waals surface area contributed by atoms with E-state index in [1.807, 2.05) is 0 Å². The van der Waals surface area contributed by atoms with Crippen LogP contribution in [0.4, 0.5) is 5.69 Å². The number of carboxylic acids is 2. The van der Waals surface area contributed by atoms with Crippen LogP contribution in [0.3, 0.4) is 0 Å². The third-order valence-electron chi connectivity index (χ3n) is 4.34. The number of carbonyl (C=O) groups is 3. The van der Waals surface area contributed by atoms with Gasteiger partial charge in [0.25, 0.3) is 5.91 Å². The molecule has 0 bridgehead atoms. The van der Waals surface area contributed by atoms with Crippen LogP contribution in [0.15, 0.2) is 64.6 Å². The summed E-state index contributed by atoms with van der Waals surface area (Å²) in [7, 11) is 1.52. The van der Waals surface area contributed by atoms with E-state index in [1.54, 1.807) is 30.3 Å². The van der Waals surface area contributed by atoms with Crippen LogP contribution < -0.4 is 10.1 Å². The van der Waals surface area contributed by atoms with Gasteiger partial charge >= 0.3 is 11.9 Å². The lowest BCUT2D eigenvalue weighted by Crippen LogP contribution is -2.13. The zero-order valence-corrected chi connectivity index (χ0v) is 16.7. The lowest BCUT2D eigenvalue weighted by atomic mass is 10.0. The highest BCUT2D eigenvalue weighted by molar-refractivity contribution is 6.09. The molecule has 0 aliphatic carbocycles. The van der Waals surface area contributed by atoms with Crippen molar-refractivity contribution in [2.75, 3.05) is 12.4 Å². The maximum absolute atomic E-state index is 12.4. The van der Waals surface area contributed by atoms with Crippen LogP contribution in [-0.4, -0.2) is 35.2 Å². The molecule has 0 saturated heterocycles. The Morgan fingerprint density at radius 3 is 2.16 bits per heavy atom. The monoisotopic (exact) mass is 432 g/mol. The van der Waals surface area contributed by atoms with Crippen molar-refractivity contribution in [1.29, 1.82) is 5.26 Å². The van der Waals surface area contributed by atoms with Gasteiger partial charge < -0.3 is 24.7 Å². The minimum Gasteiger partial charge on any atom is -0.497 e. The van der Waals surface area contributed by atoms with Gasteiger partial charge in [-0.2, -0.15) is 5.26 Å². The summed E-state index contributed by atoms with van der Waals surface area (Å²) in [4.78, 5) is 35.0. The van der Waals surface area contributed by atoms with Crippen LogP contribution in [0.5, 0.6) is 5.75 Å². The van der Waals surface area contributed by atoms with Crippen molar-refractivity contribution in [3.8, 4) is 23.1 Å². The number of benzene rings is 2. The van der Waals surface area contributed by atoms with Gasteiger partial charge in [-0.05, 0) is 54.6 Å². The van der Waals surface area contributed by atoms with Gasteiger partial charge in [0.1, 0.15) is 28.9 Å². The summed E-state index contributed by atoms with van der Waals surface area (Å²) in [5.74, 6) is -2.29. The highest BCUT2D eigenvalue weighted by atomic mass is 16.5. The number of carboxylic acid groups (broad SMARTS) is 2. The Labute approximate surface area is 181 Å². The smallest absolute Gasteiger partial charge is 0.335 e. The number of hydrogen-bond donors (Lipinski definition) is 3. The molecule has 1 aromatic heterocycles. The van der Waals surface area contributed by atoms with Crippen molar-refractivity contribution in [3.63, 3.8) is 0 Å². The second kappa shape index (κ2) is 9.32. The zero-order valence-electron chi connectivity index (χ0n) is 16.7. The number of nitrogens with one attached hydrogen (secondary N) is 1. The summed E-state index contributed by atoms with van der Waals surface area (Å²) >= 11 is 0. The summed E-state index contributed by atoms with van der Waals surface area (Å²) in [6.45, 7) is 0. The maximum atomic E-state index is 12.4. The lowest BCUT2D eigenvalue weighted by Gasteiger charge is -2.05. The molecule has 0 aliphatic rings. The minimum absolute atomic E-state index is 0.152. The summed E-state index contributed by atoms with van der Waals surface area (Å²) < 4.78 is 10.6. The Morgan fingerprint density at radius 2 is 1.62 bits per heavy atom. The molecule has 0 atom stereocenters. The zero-order chi connectivity index (χ0) is 23.3. The molecule has 0 saturated carbocycles. The van der Waals surface area contributed by atoms with E-state index < -0.39 is 17.8 Å². The van der Waals surface area contributed by atoms with Crippen LogP contribution in [-0.2, 0) is 4.79 Å². The quantitative estimate of drug-likeness (QED) is 0.376. The number of amides is 1. The minimum atomic E-state index is -1.29. The average molecular weight is 432 g/mol. The number of rotatable bonds is 7. The van der Waals surface area contributed by atoms with Crippen molar-refractivity contribution in [2.24, 2.45) is 0 Å². The molecule has 0 unspecified atom stereocenters. The van der Waals surface area contributed by atoms with Crippen LogP contribution >= 0.6 is 0 Å². The van der Waals surface area contributed by atoms with Crippen LogP contribution in [0.1, 0.15) is 26.5 Å². The number of furan rings is 1. The fraction of sp³-hybridized carbons (Fsp3) is 0.0435. The van der Waals surface area contributed by atoms with Gasteiger partial charge in [-0.25, -0.2) is 9.59 Å². The molecule has 3 aromatic rings. The van der Waals surface area contributed by atoms with E-state index >= 15 is 0 Å². The molecule has 3 N–H and O–H groups in total. The lowest BCUT2D eigenvalue weighted by molar-refractivity contribution is -0.112. The number of hydrogen-bond acceptors (Lipinski definition) is 6. The van der Waals surface area contributed by atoms with Crippen molar-refractivity contribution in [1.82, 2.24) is 0 Å². The molecular formula is C23H16N2O7. The summed E-state index contributed by atoms with van der Waals surface area (Å²) in [5.41, 5.74) is 0.0223. The Kier molecular flexibility index (Phi) is 6.36.